The number of carbonyl (C=O) groups excluding carboxylic acids is 2. The molecule has 1 aromatic rings. The fourth-order valence-corrected chi connectivity index (χ4v) is 2.22. The van der Waals surface area contributed by atoms with Crippen LogP contribution in [0.4, 0.5) is 4.79 Å². The molecule has 1 fully saturated rings. The monoisotopic (exact) mass is 210 g/mol. The summed E-state index contributed by atoms with van der Waals surface area (Å²) in [7, 11) is 0. The SMILES string of the molecule is Cc1ccc(CN2C(=O)CNC2=O)s1. The fraction of sp³-hybridized carbons (Fsp3) is 0.333. The topological polar surface area (TPSA) is 49.4 Å². The normalized spacial score (nSPS) is 16.2. The number of thiophene rings is 1. The quantitative estimate of drug-likeness (QED) is 0.743. The molecule has 2 heterocycles. The second kappa shape index (κ2) is 3.42. The van der Waals surface area contributed by atoms with Crippen LogP contribution < -0.4 is 5.32 Å². The number of hydrogen-bond donors (Lipinski definition) is 1. The molecule has 0 aromatic carbocycles. The van der Waals surface area contributed by atoms with E-state index in [4.69, 9.17) is 0 Å². The van der Waals surface area contributed by atoms with Crippen molar-refractivity contribution in [2.45, 2.75) is 13.5 Å². The van der Waals surface area contributed by atoms with Crippen LogP contribution in [0.1, 0.15) is 9.75 Å². The van der Waals surface area contributed by atoms with Gasteiger partial charge in [0.25, 0.3) is 0 Å². The van der Waals surface area contributed by atoms with Crippen molar-refractivity contribution in [1.29, 1.82) is 0 Å². The van der Waals surface area contributed by atoms with Gasteiger partial charge < -0.3 is 5.32 Å². The summed E-state index contributed by atoms with van der Waals surface area (Å²) in [6.07, 6.45) is 0. The summed E-state index contributed by atoms with van der Waals surface area (Å²) < 4.78 is 0. The van der Waals surface area contributed by atoms with Crippen molar-refractivity contribution in [3.05, 3.63) is 21.9 Å². The second-order valence-corrected chi connectivity index (χ2v) is 4.52. The predicted octanol–water partition coefficient (Wildman–Crippen LogP) is 1.11. The van der Waals surface area contributed by atoms with E-state index in [1.54, 1.807) is 11.3 Å². The molecule has 5 heteroatoms. The van der Waals surface area contributed by atoms with Crippen LogP contribution in [0, 0.1) is 6.92 Å². The average Bonchev–Trinajstić information content (AvgIpc) is 2.67. The molecule has 1 N–H and O–H groups in total. The van der Waals surface area contributed by atoms with Gasteiger partial charge in [-0.3, -0.25) is 9.69 Å². The summed E-state index contributed by atoms with van der Waals surface area (Å²) >= 11 is 1.60. The van der Waals surface area contributed by atoms with Gasteiger partial charge in [0.2, 0.25) is 5.91 Å². The molecule has 0 unspecified atom stereocenters. The molecule has 3 amide bonds. The lowest BCUT2D eigenvalue weighted by Gasteiger charge is -2.09. The minimum atomic E-state index is -0.291. The predicted molar refractivity (Wildman–Crippen MR) is 53.0 cm³/mol. The van der Waals surface area contributed by atoms with Crippen LogP contribution in [0.15, 0.2) is 12.1 Å². The van der Waals surface area contributed by atoms with Crippen LogP contribution in [0.2, 0.25) is 0 Å². The van der Waals surface area contributed by atoms with E-state index >= 15 is 0 Å². The summed E-state index contributed by atoms with van der Waals surface area (Å²) in [5.41, 5.74) is 0. The van der Waals surface area contributed by atoms with Crippen molar-refractivity contribution in [1.82, 2.24) is 10.2 Å². The molecule has 74 valence electrons. The zero-order valence-electron chi connectivity index (χ0n) is 7.74. The number of rotatable bonds is 2. The van der Waals surface area contributed by atoms with Crippen molar-refractivity contribution in [2.24, 2.45) is 0 Å². The summed E-state index contributed by atoms with van der Waals surface area (Å²) in [5, 5.41) is 2.49. The Morgan fingerprint density at radius 1 is 1.50 bits per heavy atom. The van der Waals surface area contributed by atoms with Gasteiger partial charge >= 0.3 is 6.03 Å². The molecule has 14 heavy (non-hydrogen) atoms. The van der Waals surface area contributed by atoms with Crippen LogP contribution in [-0.2, 0) is 11.3 Å². The van der Waals surface area contributed by atoms with E-state index in [9.17, 15) is 9.59 Å². The molecule has 1 aromatic heterocycles. The van der Waals surface area contributed by atoms with E-state index in [2.05, 4.69) is 5.32 Å². The van der Waals surface area contributed by atoms with Gasteiger partial charge in [0.15, 0.2) is 0 Å². The molecule has 4 nitrogen and oxygen atoms in total. The maximum Gasteiger partial charge on any atom is 0.324 e. The maximum absolute atomic E-state index is 11.2. The molecule has 0 saturated carbocycles. The van der Waals surface area contributed by atoms with E-state index in [1.807, 2.05) is 19.1 Å². The highest BCUT2D eigenvalue weighted by molar-refractivity contribution is 7.11. The molecular weight excluding hydrogens is 200 g/mol. The Morgan fingerprint density at radius 2 is 2.29 bits per heavy atom. The summed E-state index contributed by atoms with van der Waals surface area (Å²) in [4.78, 5) is 25.9. The van der Waals surface area contributed by atoms with Crippen molar-refractivity contribution >= 4 is 23.3 Å². The van der Waals surface area contributed by atoms with Crippen LogP contribution in [0.25, 0.3) is 0 Å². The lowest BCUT2D eigenvalue weighted by molar-refractivity contribution is -0.125. The van der Waals surface area contributed by atoms with Gasteiger partial charge in [-0.1, -0.05) is 0 Å². The zero-order valence-corrected chi connectivity index (χ0v) is 8.56. The minimum Gasteiger partial charge on any atom is -0.329 e. The lowest BCUT2D eigenvalue weighted by Crippen LogP contribution is -2.29. The van der Waals surface area contributed by atoms with E-state index in [0.717, 1.165) is 4.88 Å². The number of nitrogens with one attached hydrogen (secondary N) is 1. The first kappa shape index (κ1) is 9.21. The van der Waals surface area contributed by atoms with E-state index in [0.29, 0.717) is 6.54 Å². The first-order valence-electron chi connectivity index (χ1n) is 4.30. The van der Waals surface area contributed by atoms with Gasteiger partial charge in [0, 0.05) is 9.75 Å². The Morgan fingerprint density at radius 3 is 2.79 bits per heavy atom. The number of urea groups is 1. The minimum absolute atomic E-state index is 0.128. The average molecular weight is 210 g/mol. The fourth-order valence-electron chi connectivity index (χ4n) is 1.34. The third-order valence-electron chi connectivity index (χ3n) is 2.05. The van der Waals surface area contributed by atoms with Crippen LogP contribution in [-0.4, -0.2) is 23.4 Å². The molecular formula is C9H10N2O2S. The van der Waals surface area contributed by atoms with Gasteiger partial charge in [-0.25, -0.2) is 4.79 Å². The summed E-state index contributed by atoms with van der Waals surface area (Å²) in [5.74, 6) is -0.152. The molecule has 0 spiro atoms. The Kier molecular flexibility index (Phi) is 2.25. The highest BCUT2D eigenvalue weighted by atomic mass is 32.1. The third-order valence-corrected chi connectivity index (χ3v) is 3.03. The molecule has 2 rings (SSSR count). The molecule has 0 radical (unpaired) electrons. The number of hydrogen-bond acceptors (Lipinski definition) is 3. The lowest BCUT2D eigenvalue weighted by atomic mass is 10.4. The highest BCUT2D eigenvalue weighted by Gasteiger charge is 2.28. The molecule has 0 aliphatic carbocycles. The Balaban J connectivity index is 2.10. The molecule has 1 aliphatic rings. The third kappa shape index (κ3) is 1.63. The summed E-state index contributed by atoms with van der Waals surface area (Å²) in [6.45, 7) is 2.52. The largest absolute Gasteiger partial charge is 0.329 e. The highest BCUT2D eigenvalue weighted by Crippen LogP contribution is 2.18. The van der Waals surface area contributed by atoms with Crippen molar-refractivity contribution in [2.75, 3.05) is 6.54 Å². The number of amides is 3. The number of nitrogens with zero attached hydrogens (tertiary/aromatic N) is 1. The first-order valence-corrected chi connectivity index (χ1v) is 5.12. The summed E-state index contributed by atoms with van der Waals surface area (Å²) in [6, 6.07) is 3.64. The van der Waals surface area contributed by atoms with Crippen molar-refractivity contribution < 1.29 is 9.59 Å². The van der Waals surface area contributed by atoms with Crippen LogP contribution in [0.3, 0.4) is 0 Å². The molecule has 0 bridgehead atoms. The molecule has 1 aliphatic heterocycles. The smallest absolute Gasteiger partial charge is 0.324 e. The zero-order chi connectivity index (χ0) is 10.1. The van der Waals surface area contributed by atoms with Gasteiger partial charge in [-0.05, 0) is 19.1 Å². The first-order chi connectivity index (χ1) is 6.66. The number of aryl methyl sites for hydroxylation is 1. The second-order valence-electron chi connectivity index (χ2n) is 3.15. The van der Waals surface area contributed by atoms with Crippen LogP contribution >= 0.6 is 11.3 Å². The molecule has 1 saturated heterocycles. The maximum atomic E-state index is 11.2. The van der Waals surface area contributed by atoms with Gasteiger partial charge in [0.1, 0.15) is 0 Å². The Labute approximate surface area is 85.5 Å². The standard InChI is InChI=1S/C9H10N2O2S/c1-6-2-3-7(14-6)5-11-8(12)4-10-9(11)13/h2-3H,4-5H2,1H3,(H,10,13). The number of imide groups is 1. The van der Waals surface area contributed by atoms with E-state index in [1.165, 1.54) is 9.78 Å². The van der Waals surface area contributed by atoms with Crippen LogP contribution in [0.5, 0.6) is 0 Å². The van der Waals surface area contributed by atoms with Gasteiger partial charge in [0.05, 0.1) is 13.1 Å². The van der Waals surface area contributed by atoms with E-state index in [-0.39, 0.29) is 18.5 Å². The Bertz CT molecular complexity index is 370. The van der Waals surface area contributed by atoms with Crippen molar-refractivity contribution in [3.8, 4) is 0 Å². The Hall–Kier alpha value is -1.36. The van der Waals surface area contributed by atoms with Gasteiger partial charge in [-0.15, -0.1) is 11.3 Å². The van der Waals surface area contributed by atoms with Crippen molar-refractivity contribution in [3.63, 3.8) is 0 Å². The molecule has 0 atom stereocenters. The van der Waals surface area contributed by atoms with E-state index < -0.39 is 0 Å². The number of carbonyl (C=O) groups is 2. The van der Waals surface area contributed by atoms with Gasteiger partial charge in [-0.2, -0.15) is 0 Å².